The highest BCUT2D eigenvalue weighted by molar-refractivity contribution is 7.16. The summed E-state index contributed by atoms with van der Waals surface area (Å²) < 4.78 is 0. The molecule has 0 aliphatic heterocycles. The maximum atomic E-state index is 12.2. The Labute approximate surface area is 148 Å². The molecule has 1 aliphatic rings. The van der Waals surface area contributed by atoms with Gasteiger partial charge >= 0.3 is 0 Å². The number of hydrogen-bond donors (Lipinski definition) is 1. The highest BCUT2D eigenvalue weighted by Crippen LogP contribution is 2.37. The zero-order valence-electron chi connectivity index (χ0n) is 13.3. The summed E-state index contributed by atoms with van der Waals surface area (Å²) >= 11 is 1.47. The largest absolute Gasteiger partial charge is 0.313 e. The van der Waals surface area contributed by atoms with Crippen LogP contribution in [-0.4, -0.2) is 10.8 Å². The molecule has 0 saturated heterocycles. The van der Waals surface area contributed by atoms with Gasteiger partial charge in [0.05, 0.1) is 10.5 Å². The molecule has 1 amide bonds. The number of rotatable bonds is 4. The molecule has 3 rings (SSSR count). The van der Waals surface area contributed by atoms with Crippen molar-refractivity contribution in [2.75, 3.05) is 5.32 Å². The summed E-state index contributed by atoms with van der Waals surface area (Å²) in [5.41, 5.74) is 2.17. The Bertz CT molecular complexity index is 909. The molecule has 0 spiro atoms. The Balaban J connectivity index is 1.75. The number of thiophene rings is 1. The fourth-order valence-electron chi connectivity index (χ4n) is 2.84. The molecule has 0 saturated carbocycles. The first kappa shape index (κ1) is 16.9. The van der Waals surface area contributed by atoms with Crippen LogP contribution < -0.4 is 5.32 Å². The highest BCUT2D eigenvalue weighted by atomic mass is 32.1. The van der Waals surface area contributed by atoms with Gasteiger partial charge in [-0.15, -0.1) is 11.3 Å². The van der Waals surface area contributed by atoms with E-state index < -0.39 is 4.92 Å². The van der Waals surface area contributed by atoms with E-state index in [0.29, 0.717) is 16.1 Å². The van der Waals surface area contributed by atoms with Gasteiger partial charge in [-0.1, -0.05) is 12.1 Å². The molecule has 0 bridgehead atoms. The van der Waals surface area contributed by atoms with Crippen LogP contribution in [-0.2, 0) is 17.6 Å². The molecule has 6 nitrogen and oxygen atoms in total. The summed E-state index contributed by atoms with van der Waals surface area (Å²) in [7, 11) is 0. The number of nitrogens with one attached hydrogen (secondary N) is 1. The van der Waals surface area contributed by atoms with Crippen molar-refractivity contribution in [3.63, 3.8) is 0 Å². The van der Waals surface area contributed by atoms with Crippen LogP contribution in [0.15, 0.2) is 30.3 Å². The number of carbonyl (C=O) groups excluding carboxylic acids is 1. The Morgan fingerprint density at radius 3 is 2.92 bits per heavy atom. The van der Waals surface area contributed by atoms with Gasteiger partial charge in [0.15, 0.2) is 0 Å². The van der Waals surface area contributed by atoms with Gasteiger partial charge in [0.2, 0.25) is 5.91 Å². The Morgan fingerprint density at radius 1 is 1.36 bits per heavy atom. The van der Waals surface area contributed by atoms with Crippen LogP contribution in [0.25, 0.3) is 6.08 Å². The number of nitro benzene ring substituents is 1. The number of anilines is 1. The maximum absolute atomic E-state index is 12.2. The van der Waals surface area contributed by atoms with E-state index in [1.807, 2.05) is 0 Å². The molecule has 1 N–H and O–H groups in total. The number of benzene rings is 1. The Kier molecular flexibility index (Phi) is 4.91. The minimum absolute atomic E-state index is 0.0275. The Hall–Kier alpha value is -2.98. The molecular formula is C18H15N3O3S. The van der Waals surface area contributed by atoms with Crippen molar-refractivity contribution >= 4 is 34.0 Å². The normalized spacial score (nSPS) is 13.2. The molecule has 2 aromatic rings. The molecule has 126 valence electrons. The predicted molar refractivity (Wildman–Crippen MR) is 96.4 cm³/mol. The van der Waals surface area contributed by atoms with Gasteiger partial charge < -0.3 is 5.32 Å². The van der Waals surface area contributed by atoms with Gasteiger partial charge in [-0.3, -0.25) is 14.9 Å². The van der Waals surface area contributed by atoms with Crippen molar-refractivity contribution in [3.05, 3.63) is 62.0 Å². The number of non-ortho nitro benzene ring substituents is 1. The minimum atomic E-state index is -0.479. The van der Waals surface area contributed by atoms with Crippen molar-refractivity contribution in [2.45, 2.75) is 25.7 Å². The van der Waals surface area contributed by atoms with E-state index in [0.717, 1.165) is 31.2 Å². The van der Waals surface area contributed by atoms with E-state index in [4.69, 9.17) is 0 Å². The van der Waals surface area contributed by atoms with E-state index in [9.17, 15) is 20.2 Å². The molecule has 1 aromatic heterocycles. The monoisotopic (exact) mass is 353 g/mol. The van der Waals surface area contributed by atoms with Gasteiger partial charge in [-0.05, 0) is 42.9 Å². The van der Waals surface area contributed by atoms with Crippen LogP contribution in [0.2, 0.25) is 0 Å². The zero-order chi connectivity index (χ0) is 17.8. The number of nitro groups is 1. The first-order chi connectivity index (χ1) is 12.1. The second-order valence-corrected chi connectivity index (χ2v) is 6.81. The lowest BCUT2D eigenvalue weighted by atomic mass is 9.96. The number of amides is 1. The quantitative estimate of drug-likeness (QED) is 0.509. The van der Waals surface area contributed by atoms with Crippen LogP contribution in [0.5, 0.6) is 0 Å². The van der Waals surface area contributed by atoms with Gasteiger partial charge in [-0.2, -0.15) is 5.26 Å². The van der Waals surface area contributed by atoms with Gasteiger partial charge in [0, 0.05) is 23.1 Å². The standard InChI is InChI=1S/C18H15N3O3S/c19-11-15-14-6-1-2-7-16(14)25-18(15)20-17(22)9-8-12-4-3-5-13(10-12)21(23)24/h3-5,8-10H,1-2,6-7H2,(H,20,22)/b9-8-. The number of aryl methyl sites for hydroxylation is 1. The van der Waals surface area contributed by atoms with Crippen molar-refractivity contribution in [1.82, 2.24) is 0 Å². The summed E-state index contributed by atoms with van der Waals surface area (Å²) in [5, 5.41) is 23.5. The molecule has 0 unspecified atom stereocenters. The summed E-state index contributed by atoms with van der Waals surface area (Å²) in [5.74, 6) is -0.360. The average Bonchev–Trinajstić information content (AvgIpc) is 2.97. The van der Waals surface area contributed by atoms with Crippen LogP contribution in [0.3, 0.4) is 0 Å². The van der Waals surface area contributed by atoms with E-state index in [-0.39, 0.29) is 11.6 Å². The molecule has 25 heavy (non-hydrogen) atoms. The number of carbonyl (C=O) groups is 1. The summed E-state index contributed by atoms with van der Waals surface area (Å²) in [6.07, 6.45) is 6.85. The number of nitrogens with zero attached hydrogens (tertiary/aromatic N) is 2. The minimum Gasteiger partial charge on any atom is -0.313 e. The van der Waals surface area contributed by atoms with Gasteiger partial charge in [0.25, 0.3) is 5.69 Å². The Morgan fingerprint density at radius 2 is 2.16 bits per heavy atom. The summed E-state index contributed by atoms with van der Waals surface area (Å²) in [4.78, 5) is 23.6. The molecular weight excluding hydrogens is 338 g/mol. The second kappa shape index (κ2) is 7.28. The molecule has 7 heteroatoms. The van der Waals surface area contributed by atoms with Gasteiger partial charge in [0.1, 0.15) is 11.1 Å². The second-order valence-electron chi connectivity index (χ2n) is 5.70. The number of fused-ring (bicyclic) bond motifs is 1. The summed E-state index contributed by atoms with van der Waals surface area (Å²) in [6, 6.07) is 8.24. The average molecular weight is 353 g/mol. The molecule has 1 aliphatic carbocycles. The maximum Gasteiger partial charge on any atom is 0.270 e. The van der Waals surface area contributed by atoms with Crippen molar-refractivity contribution in [3.8, 4) is 6.07 Å². The van der Waals surface area contributed by atoms with Crippen molar-refractivity contribution in [1.29, 1.82) is 5.26 Å². The van der Waals surface area contributed by atoms with Crippen molar-refractivity contribution in [2.24, 2.45) is 0 Å². The van der Waals surface area contributed by atoms with Crippen LogP contribution in [0.1, 0.15) is 34.4 Å². The van der Waals surface area contributed by atoms with E-state index in [1.165, 1.54) is 40.5 Å². The number of nitriles is 1. The molecule has 1 heterocycles. The lowest BCUT2D eigenvalue weighted by Gasteiger charge is -2.09. The fourth-order valence-corrected chi connectivity index (χ4v) is 4.08. The highest BCUT2D eigenvalue weighted by Gasteiger charge is 2.21. The molecule has 0 atom stereocenters. The van der Waals surface area contributed by atoms with E-state index in [1.54, 1.807) is 12.1 Å². The topological polar surface area (TPSA) is 96.0 Å². The lowest BCUT2D eigenvalue weighted by Crippen LogP contribution is -2.07. The van der Waals surface area contributed by atoms with Crippen molar-refractivity contribution < 1.29 is 9.72 Å². The SMILES string of the molecule is N#Cc1c(NC(=O)/C=C\c2cccc([N+](=O)[O-])c2)sc2c1CCCC2. The zero-order valence-corrected chi connectivity index (χ0v) is 14.1. The van der Waals surface area contributed by atoms with E-state index in [2.05, 4.69) is 11.4 Å². The lowest BCUT2D eigenvalue weighted by molar-refractivity contribution is -0.384. The molecule has 0 fully saturated rings. The number of hydrogen-bond acceptors (Lipinski definition) is 5. The van der Waals surface area contributed by atoms with Crippen LogP contribution >= 0.6 is 11.3 Å². The molecule has 0 radical (unpaired) electrons. The third-order valence-corrected chi connectivity index (χ3v) is 5.24. The van der Waals surface area contributed by atoms with Crippen LogP contribution in [0, 0.1) is 21.4 Å². The first-order valence-electron chi connectivity index (χ1n) is 7.86. The third-order valence-electron chi connectivity index (χ3n) is 4.03. The smallest absolute Gasteiger partial charge is 0.270 e. The van der Waals surface area contributed by atoms with Crippen LogP contribution in [0.4, 0.5) is 10.7 Å². The third kappa shape index (κ3) is 3.75. The summed E-state index contributed by atoms with van der Waals surface area (Å²) in [6.45, 7) is 0. The fraction of sp³-hybridized carbons (Fsp3) is 0.222. The van der Waals surface area contributed by atoms with Gasteiger partial charge in [-0.25, -0.2) is 0 Å². The molecule has 1 aromatic carbocycles. The first-order valence-corrected chi connectivity index (χ1v) is 8.68. The predicted octanol–water partition coefficient (Wildman–Crippen LogP) is 4.06. The van der Waals surface area contributed by atoms with E-state index >= 15 is 0 Å².